The van der Waals surface area contributed by atoms with Crippen LogP contribution in [-0.4, -0.2) is 12.0 Å². The zero-order valence-electron chi connectivity index (χ0n) is 16.6. The maximum Gasteiger partial charge on any atom is 0.0706 e. The van der Waals surface area contributed by atoms with Crippen LogP contribution >= 0.6 is 11.6 Å². The smallest absolute Gasteiger partial charge is 0.0706 e. The van der Waals surface area contributed by atoms with E-state index in [-0.39, 0.29) is 0 Å². The van der Waals surface area contributed by atoms with Crippen LogP contribution < -0.4 is 4.90 Å². The summed E-state index contributed by atoms with van der Waals surface area (Å²) < 4.78 is 0. The van der Waals surface area contributed by atoms with E-state index in [1.54, 1.807) is 0 Å². The van der Waals surface area contributed by atoms with Crippen LogP contribution in [-0.2, 0) is 0 Å². The zero-order chi connectivity index (χ0) is 20.1. The van der Waals surface area contributed by atoms with Crippen molar-refractivity contribution in [2.24, 2.45) is 0 Å². The first-order valence-corrected chi connectivity index (χ1v) is 9.80. The Balaban J connectivity index is 1.92. The van der Waals surface area contributed by atoms with Gasteiger partial charge in [0.2, 0.25) is 0 Å². The number of hydrogen-bond acceptors (Lipinski definition) is 2. The van der Waals surface area contributed by atoms with E-state index in [1.807, 2.05) is 43.6 Å². The van der Waals surface area contributed by atoms with Crippen molar-refractivity contribution in [3.8, 4) is 0 Å². The minimum Gasteiger partial charge on any atom is -0.343 e. The minimum atomic E-state index is 0.733. The molecule has 0 atom stereocenters. The van der Waals surface area contributed by atoms with Crippen LogP contribution in [0.15, 0.2) is 73.4 Å². The minimum absolute atomic E-state index is 0.733. The normalized spacial score (nSPS) is 11.4. The molecule has 1 heterocycles. The first kappa shape index (κ1) is 19.9. The molecule has 3 rings (SSSR count). The molecule has 0 saturated heterocycles. The summed E-state index contributed by atoms with van der Waals surface area (Å²) in [6.07, 6.45) is 6.99. The van der Waals surface area contributed by atoms with Gasteiger partial charge in [0, 0.05) is 23.3 Å². The molecule has 0 bridgehead atoms. The Hall–Kier alpha value is -2.84. The van der Waals surface area contributed by atoms with Gasteiger partial charge in [-0.1, -0.05) is 49.4 Å². The molecule has 0 fully saturated rings. The van der Waals surface area contributed by atoms with Crippen molar-refractivity contribution in [2.45, 2.75) is 20.3 Å². The van der Waals surface area contributed by atoms with Crippen LogP contribution in [0.3, 0.4) is 0 Å². The average Bonchev–Trinajstić information content (AvgIpc) is 2.73. The van der Waals surface area contributed by atoms with E-state index in [0.29, 0.717) is 0 Å². The van der Waals surface area contributed by atoms with Crippen molar-refractivity contribution in [1.29, 1.82) is 0 Å². The second-order valence-corrected chi connectivity index (χ2v) is 7.18. The van der Waals surface area contributed by atoms with Gasteiger partial charge in [-0.05, 0) is 72.5 Å². The third-order valence-corrected chi connectivity index (χ3v) is 5.10. The van der Waals surface area contributed by atoms with E-state index in [9.17, 15) is 0 Å². The largest absolute Gasteiger partial charge is 0.343 e. The van der Waals surface area contributed by atoms with Crippen molar-refractivity contribution < 1.29 is 0 Å². The van der Waals surface area contributed by atoms with Gasteiger partial charge in [-0.2, -0.15) is 0 Å². The number of halogens is 1. The van der Waals surface area contributed by atoms with Crippen LogP contribution in [0.5, 0.6) is 0 Å². The van der Waals surface area contributed by atoms with Crippen molar-refractivity contribution in [3.63, 3.8) is 0 Å². The molecule has 1 aromatic heterocycles. The van der Waals surface area contributed by atoms with E-state index in [2.05, 4.69) is 61.7 Å². The van der Waals surface area contributed by atoms with Crippen LogP contribution in [0.4, 0.5) is 11.4 Å². The monoisotopic (exact) mass is 388 g/mol. The van der Waals surface area contributed by atoms with Crippen molar-refractivity contribution >= 4 is 34.6 Å². The first-order valence-electron chi connectivity index (χ1n) is 9.42. The Labute approximate surface area is 172 Å². The number of rotatable bonds is 6. The van der Waals surface area contributed by atoms with Crippen LogP contribution in [0.25, 0.3) is 11.6 Å². The van der Waals surface area contributed by atoms with Crippen LogP contribution in [0.1, 0.15) is 35.7 Å². The summed E-state index contributed by atoms with van der Waals surface area (Å²) in [5.41, 5.74) is 7.74. The van der Waals surface area contributed by atoms with E-state index >= 15 is 0 Å². The molecule has 0 saturated carbocycles. The van der Waals surface area contributed by atoms with E-state index in [1.165, 1.54) is 5.56 Å². The number of aromatic nitrogens is 1. The highest BCUT2D eigenvalue weighted by Crippen LogP contribution is 2.28. The summed E-state index contributed by atoms with van der Waals surface area (Å²) in [6, 6.07) is 18.4. The van der Waals surface area contributed by atoms with Gasteiger partial charge in [0.1, 0.15) is 0 Å². The zero-order valence-corrected chi connectivity index (χ0v) is 17.4. The van der Waals surface area contributed by atoms with Crippen LogP contribution in [0, 0.1) is 6.92 Å². The molecule has 2 aromatic carbocycles. The standard InChI is InChI=1S/C25H25ClN2/c1-5-7-24(20-9-8-18(3)19(6-2)16-20)25-15-14-23(17-27-25)28(4)22-12-10-21(26)11-13-22/h6-17H,2,5H2,1,3-4H3. The molecule has 0 amide bonds. The van der Waals surface area contributed by atoms with Gasteiger partial charge in [-0.3, -0.25) is 4.98 Å². The topological polar surface area (TPSA) is 16.1 Å². The maximum atomic E-state index is 5.99. The predicted molar refractivity (Wildman–Crippen MR) is 122 cm³/mol. The number of nitrogens with zero attached hydrogens (tertiary/aromatic N) is 2. The lowest BCUT2D eigenvalue weighted by atomic mass is 9.96. The van der Waals surface area contributed by atoms with Gasteiger partial charge in [0.25, 0.3) is 0 Å². The van der Waals surface area contributed by atoms with Gasteiger partial charge in [-0.15, -0.1) is 0 Å². The van der Waals surface area contributed by atoms with Crippen molar-refractivity contribution in [1.82, 2.24) is 4.98 Å². The fourth-order valence-corrected chi connectivity index (χ4v) is 3.29. The Bertz CT molecular complexity index is 986. The lowest BCUT2D eigenvalue weighted by molar-refractivity contribution is 1.16. The molecule has 0 aliphatic carbocycles. The molecule has 0 unspecified atom stereocenters. The highest BCUT2D eigenvalue weighted by Gasteiger charge is 2.10. The first-order chi connectivity index (χ1) is 13.5. The summed E-state index contributed by atoms with van der Waals surface area (Å²) in [6.45, 7) is 8.17. The highest BCUT2D eigenvalue weighted by atomic mass is 35.5. The Morgan fingerprint density at radius 2 is 1.79 bits per heavy atom. The summed E-state index contributed by atoms with van der Waals surface area (Å²) in [4.78, 5) is 6.85. The molecule has 0 N–H and O–H groups in total. The molecule has 0 radical (unpaired) electrons. The molecular weight excluding hydrogens is 364 g/mol. The highest BCUT2D eigenvalue weighted by molar-refractivity contribution is 6.30. The average molecular weight is 389 g/mol. The molecule has 2 nitrogen and oxygen atoms in total. The van der Waals surface area contributed by atoms with E-state index in [4.69, 9.17) is 16.6 Å². The van der Waals surface area contributed by atoms with Crippen molar-refractivity contribution in [3.05, 3.63) is 101 Å². The second kappa shape index (κ2) is 8.90. The Morgan fingerprint density at radius 3 is 2.39 bits per heavy atom. The lowest BCUT2D eigenvalue weighted by Gasteiger charge is -2.20. The fraction of sp³-hybridized carbons (Fsp3) is 0.160. The van der Waals surface area contributed by atoms with Crippen LogP contribution in [0.2, 0.25) is 5.02 Å². The summed E-state index contributed by atoms with van der Waals surface area (Å²) in [5.74, 6) is 0. The van der Waals surface area contributed by atoms with Crippen molar-refractivity contribution in [2.75, 3.05) is 11.9 Å². The van der Waals surface area contributed by atoms with E-state index in [0.717, 1.165) is 45.2 Å². The summed E-state index contributed by atoms with van der Waals surface area (Å²) in [5, 5.41) is 0.733. The Morgan fingerprint density at radius 1 is 1.07 bits per heavy atom. The number of aryl methyl sites for hydroxylation is 1. The Kier molecular flexibility index (Phi) is 6.33. The predicted octanol–water partition coefficient (Wildman–Crippen LogP) is 7.30. The molecular formula is C25H25ClN2. The second-order valence-electron chi connectivity index (χ2n) is 6.74. The molecule has 142 valence electrons. The molecule has 0 spiro atoms. The maximum absolute atomic E-state index is 5.99. The van der Waals surface area contributed by atoms with E-state index < -0.39 is 0 Å². The molecule has 3 heteroatoms. The van der Waals surface area contributed by atoms with Gasteiger partial charge >= 0.3 is 0 Å². The van der Waals surface area contributed by atoms with Gasteiger partial charge in [0.15, 0.2) is 0 Å². The molecule has 0 aliphatic rings. The number of benzene rings is 2. The summed E-state index contributed by atoms with van der Waals surface area (Å²) >= 11 is 5.99. The van der Waals surface area contributed by atoms with Gasteiger partial charge in [-0.25, -0.2) is 0 Å². The number of anilines is 2. The fourth-order valence-electron chi connectivity index (χ4n) is 3.16. The van der Waals surface area contributed by atoms with Gasteiger partial charge in [0.05, 0.1) is 17.6 Å². The quantitative estimate of drug-likeness (QED) is 0.440. The SMILES string of the molecule is C=Cc1cc(C(=CCC)c2ccc(N(C)c3ccc(Cl)cc3)cn2)ccc1C. The number of hydrogen-bond donors (Lipinski definition) is 0. The number of pyridine rings is 1. The number of allylic oxidation sites excluding steroid dienone is 1. The summed E-state index contributed by atoms with van der Waals surface area (Å²) in [7, 11) is 2.03. The third kappa shape index (κ3) is 4.35. The lowest BCUT2D eigenvalue weighted by Crippen LogP contribution is -2.09. The third-order valence-electron chi connectivity index (χ3n) is 4.84. The molecule has 0 aliphatic heterocycles. The molecule has 3 aromatic rings. The molecule has 28 heavy (non-hydrogen) atoms. The van der Waals surface area contributed by atoms with Gasteiger partial charge < -0.3 is 4.90 Å².